The van der Waals surface area contributed by atoms with E-state index >= 15 is 0 Å². The van der Waals surface area contributed by atoms with Crippen LogP contribution in [-0.2, 0) is 15.9 Å². The molecule has 8 nitrogen and oxygen atoms in total. The lowest BCUT2D eigenvalue weighted by Crippen LogP contribution is -2.19. The van der Waals surface area contributed by atoms with Crippen LogP contribution in [0.4, 0.5) is 0 Å². The van der Waals surface area contributed by atoms with E-state index in [0.717, 1.165) is 47.3 Å². The monoisotopic (exact) mass is 679 g/mol. The number of hydrogen-bond donors (Lipinski definition) is 0. The van der Waals surface area contributed by atoms with E-state index in [1.54, 1.807) is 12.1 Å². The second kappa shape index (κ2) is 18.7. The van der Waals surface area contributed by atoms with E-state index in [1.165, 1.54) is 51.7 Å². The molecule has 0 radical (unpaired) electrons. The number of unbranched alkanes of at least 4 members (excludes halogenated alkanes) is 5. The number of aryl methyl sites for hydroxylation is 1. The standard InChI is InChI=1S/C40H43N3O4S.H2O/c1-4-5-6-7-8-15-28-35-41-40(48-37(30-22-13-10-14-23-30)32-25-17-19-27-34(32)39(45)47-3)43(42-35)36(29-20-11-9-12-21-29)31-24-16-18-26-33(31)38(44)46-2;/h9-14,16-27,36-37H,4-8,15,28H2,1-3H3;1H2. The number of aromatic nitrogens is 3. The first kappa shape index (κ1) is 37.1. The Morgan fingerprint density at radius 1 is 0.673 bits per heavy atom. The first-order chi connectivity index (χ1) is 23.5. The normalized spacial score (nSPS) is 12.1. The Bertz CT molecular complexity index is 1780. The quantitative estimate of drug-likeness (QED) is 0.0584. The zero-order valence-corrected chi connectivity index (χ0v) is 29.2. The van der Waals surface area contributed by atoms with Gasteiger partial charge in [-0.3, -0.25) is 0 Å². The topological polar surface area (TPSA) is 115 Å². The molecule has 5 rings (SSSR count). The fourth-order valence-corrected chi connectivity index (χ4v) is 7.20. The van der Waals surface area contributed by atoms with Gasteiger partial charge in [0, 0.05) is 6.42 Å². The number of benzene rings is 4. The predicted octanol–water partition coefficient (Wildman–Crippen LogP) is 8.45. The van der Waals surface area contributed by atoms with Crippen LogP contribution >= 0.6 is 11.8 Å². The highest BCUT2D eigenvalue weighted by Crippen LogP contribution is 2.43. The minimum atomic E-state index is -0.470. The third kappa shape index (κ3) is 9.25. The number of rotatable bonds is 16. The molecule has 256 valence electrons. The van der Waals surface area contributed by atoms with Crippen molar-refractivity contribution in [1.29, 1.82) is 0 Å². The number of carbonyl (C=O) groups is 2. The van der Waals surface area contributed by atoms with Gasteiger partial charge in [0.15, 0.2) is 11.0 Å². The molecular formula is C40H45N3O5S. The molecule has 0 spiro atoms. The van der Waals surface area contributed by atoms with Gasteiger partial charge in [-0.25, -0.2) is 19.3 Å². The summed E-state index contributed by atoms with van der Waals surface area (Å²) in [5.74, 6) is -0.0635. The maximum absolute atomic E-state index is 13.1. The lowest BCUT2D eigenvalue weighted by molar-refractivity contribution is 0.0590. The fraction of sp³-hybridized carbons (Fsp3) is 0.300. The van der Waals surface area contributed by atoms with E-state index in [2.05, 4.69) is 19.1 Å². The molecule has 1 aromatic heterocycles. The van der Waals surface area contributed by atoms with Crippen molar-refractivity contribution in [1.82, 2.24) is 14.8 Å². The highest BCUT2D eigenvalue weighted by atomic mass is 32.2. The summed E-state index contributed by atoms with van der Waals surface area (Å²) < 4.78 is 12.4. The maximum atomic E-state index is 13.1. The third-order valence-corrected chi connectivity index (χ3v) is 9.64. The molecule has 2 unspecified atom stereocenters. The van der Waals surface area contributed by atoms with Crippen LogP contribution in [-0.4, -0.2) is 46.4 Å². The van der Waals surface area contributed by atoms with Gasteiger partial charge in [0.2, 0.25) is 0 Å². The number of methoxy groups -OCH3 is 2. The second-order valence-electron chi connectivity index (χ2n) is 11.7. The van der Waals surface area contributed by atoms with Crippen molar-refractivity contribution in [3.05, 3.63) is 148 Å². The Morgan fingerprint density at radius 3 is 1.80 bits per heavy atom. The van der Waals surface area contributed by atoms with E-state index in [1.807, 2.05) is 89.6 Å². The second-order valence-corrected chi connectivity index (χ2v) is 12.7. The summed E-state index contributed by atoms with van der Waals surface area (Å²) >= 11 is 1.54. The molecule has 9 heteroatoms. The van der Waals surface area contributed by atoms with Crippen molar-refractivity contribution in [3.63, 3.8) is 0 Å². The molecule has 5 aromatic rings. The summed E-state index contributed by atoms with van der Waals surface area (Å²) in [6.07, 6.45) is 7.72. The van der Waals surface area contributed by atoms with E-state index in [0.29, 0.717) is 16.3 Å². The van der Waals surface area contributed by atoms with Crippen LogP contribution < -0.4 is 0 Å². The van der Waals surface area contributed by atoms with Gasteiger partial charge in [0.25, 0.3) is 0 Å². The summed E-state index contributed by atoms with van der Waals surface area (Å²) in [5, 5.41) is 5.55. The lowest BCUT2D eigenvalue weighted by Gasteiger charge is -2.24. The van der Waals surface area contributed by atoms with Gasteiger partial charge < -0.3 is 14.9 Å². The molecule has 0 bridgehead atoms. The molecule has 4 aromatic carbocycles. The van der Waals surface area contributed by atoms with Crippen molar-refractivity contribution in [2.24, 2.45) is 0 Å². The molecule has 0 aliphatic carbocycles. The Balaban J connectivity index is 0.00000541. The average Bonchev–Trinajstić information content (AvgIpc) is 3.54. The van der Waals surface area contributed by atoms with Crippen molar-refractivity contribution in [2.75, 3.05) is 14.2 Å². The minimum Gasteiger partial charge on any atom is -0.465 e. The number of ether oxygens (including phenoxy) is 2. The Morgan fingerprint density at radius 2 is 1.18 bits per heavy atom. The van der Waals surface area contributed by atoms with Crippen molar-refractivity contribution in [2.45, 2.75) is 68.3 Å². The summed E-state index contributed by atoms with van der Waals surface area (Å²) in [6.45, 7) is 2.23. The molecular weight excluding hydrogens is 635 g/mol. The zero-order chi connectivity index (χ0) is 33.7. The predicted molar refractivity (Wildman–Crippen MR) is 194 cm³/mol. The van der Waals surface area contributed by atoms with E-state index < -0.39 is 18.0 Å². The van der Waals surface area contributed by atoms with Gasteiger partial charge in [-0.05, 0) is 40.8 Å². The van der Waals surface area contributed by atoms with Crippen molar-refractivity contribution in [3.8, 4) is 0 Å². The van der Waals surface area contributed by atoms with Crippen molar-refractivity contribution < 1.29 is 24.5 Å². The number of hydrogen-bond acceptors (Lipinski definition) is 7. The Labute approximate surface area is 293 Å². The molecule has 0 saturated carbocycles. The van der Waals surface area contributed by atoms with E-state index in [4.69, 9.17) is 19.6 Å². The molecule has 0 aliphatic rings. The van der Waals surface area contributed by atoms with Gasteiger partial charge in [0.1, 0.15) is 6.04 Å². The van der Waals surface area contributed by atoms with Crippen LogP contribution in [0.3, 0.4) is 0 Å². The summed E-state index contributed by atoms with van der Waals surface area (Å²) in [7, 11) is 2.80. The first-order valence-corrected chi connectivity index (χ1v) is 17.5. The lowest BCUT2D eigenvalue weighted by atomic mass is 9.94. The van der Waals surface area contributed by atoms with E-state index in [9.17, 15) is 9.59 Å². The van der Waals surface area contributed by atoms with Gasteiger partial charge in [-0.15, -0.1) is 0 Å². The molecule has 2 atom stereocenters. The van der Waals surface area contributed by atoms with Crippen LogP contribution in [0.15, 0.2) is 114 Å². The average molecular weight is 680 g/mol. The molecule has 1 heterocycles. The van der Waals surface area contributed by atoms with Crippen LogP contribution in [0.25, 0.3) is 0 Å². The Hall–Kier alpha value is -4.73. The zero-order valence-electron chi connectivity index (χ0n) is 28.4. The van der Waals surface area contributed by atoms with Gasteiger partial charge >= 0.3 is 11.9 Å². The molecule has 2 N–H and O–H groups in total. The van der Waals surface area contributed by atoms with Crippen LogP contribution in [0.1, 0.15) is 106 Å². The molecule has 49 heavy (non-hydrogen) atoms. The number of nitrogens with zero attached hydrogens (tertiary/aromatic N) is 3. The highest BCUT2D eigenvalue weighted by Gasteiger charge is 2.30. The van der Waals surface area contributed by atoms with Crippen molar-refractivity contribution >= 4 is 23.7 Å². The minimum absolute atomic E-state index is 0. The molecule has 0 amide bonds. The third-order valence-electron chi connectivity index (χ3n) is 8.39. The van der Waals surface area contributed by atoms with Crippen LogP contribution in [0.5, 0.6) is 0 Å². The smallest absolute Gasteiger partial charge is 0.338 e. The highest BCUT2D eigenvalue weighted by molar-refractivity contribution is 7.99. The fourth-order valence-electron chi connectivity index (χ4n) is 5.95. The maximum Gasteiger partial charge on any atom is 0.338 e. The van der Waals surface area contributed by atoms with Crippen LogP contribution in [0.2, 0.25) is 0 Å². The number of carbonyl (C=O) groups excluding carboxylic acids is 2. The molecule has 0 aliphatic heterocycles. The molecule has 0 fully saturated rings. The number of thioether (sulfide) groups is 1. The van der Waals surface area contributed by atoms with Gasteiger partial charge in [0.05, 0.1) is 30.6 Å². The summed E-state index contributed by atoms with van der Waals surface area (Å²) in [5.41, 5.74) is 4.51. The first-order valence-electron chi connectivity index (χ1n) is 16.6. The molecule has 0 saturated heterocycles. The van der Waals surface area contributed by atoms with Crippen LogP contribution in [0, 0.1) is 0 Å². The SMILES string of the molecule is CCCCCCCCc1nc(SC(c2ccccc2)c2ccccc2C(=O)OC)n(C(c2ccccc2)c2ccccc2C(=O)OC)n1.O. The van der Waals surface area contributed by atoms with E-state index in [-0.39, 0.29) is 10.7 Å². The van der Waals surface area contributed by atoms with Gasteiger partial charge in [-0.2, -0.15) is 5.10 Å². The Kier molecular flexibility index (Phi) is 14.2. The number of esters is 2. The largest absolute Gasteiger partial charge is 0.465 e. The van der Waals surface area contributed by atoms with Gasteiger partial charge in [-0.1, -0.05) is 148 Å². The summed E-state index contributed by atoms with van der Waals surface area (Å²) in [6, 6.07) is 34.7. The summed E-state index contributed by atoms with van der Waals surface area (Å²) in [4.78, 5) is 31.3.